The summed E-state index contributed by atoms with van der Waals surface area (Å²) < 4.78 is 113. The molecule has 0 aliphatic heterocycles. The normalized spacial score (nSPS) is 11.5. The average molecular weight is 616 g/mol. The van der Waals surface area contributed by atoms with Gasteiger partial charge in [-0.15, -0.1) is 5.19 Å². The molecular formula is C14H22F9HfO3Si-. The number of rotatable bonds is 1. The predicted octanol–water partition coefficient (Wildman–Crippen LogP) is 3.36. The molecule has 0 saturated carbocycles. The van der Waals surface area contributed by atoms with E-state index in [0.29, 0.717) is 12.1 Å². The quantitative estimate of drug-likeness (QED) is 0.258. The minimum Gasteiger partial charge on any atom is -0.397 e. The van der Waals surface area contributed by atoms with Crippen LogP contribution in [-0.4, -0.2) is 60.6 Å². The van der Waals surface area contributed by atoms with Crippen molar-refractivity contribution in [2.45, 2.75) is 38.2 Å². The van der Waals surface area contributed by atoms with Crippen molar-refractivity contribution >= 4 is 13.3 Å². The van der Waals surface area contributed by atoms with E-state index in [0.717, 1.165) is 0 Å². The van der Waals surface area contributed by atoms with Crippen molar-refractivity contribution in [3.05, 3.63) is 24.3 Å². The molecule has 3 N–H and O–H groups in total. The molecule has 0 atom stereocenters. The minimum absolute atomic E-state index is 0. The first-order valence-electron chi connectivity index (χ1n) is 7.35. The fraction of sp³-hybridized carbons (Fsp3) is 0.643. The van der Waals surface area contributed by atoms with E-state index in [1.165, 1.54) is 0 Å². The van der Waals surface area contributed by atoms with Crippen LogP contribution in [0, 0.1) is 0 Å². The number of hydrogen-bond donors (Lipinski definition) is 3. The molecule has 168 valence electrons. The third kappa shape index (κ3) is 9.94. The van der Waals surface area contributed by atoms with Crippen LogP contribution in [0.1, 0.15) is 20.8 Å². The molecule has 1 aromatic carbocycles. The Kier molecular flexibility index (Phi) is 19.5. The van der Waals surface area contributed by atoms with Gasteiger partial charge in [0, 0.05) is 45.7 Å². The number of halogens is 9. The van der Waals surface area contributed by atoms with Crippen molar-refractivity contribution in [2.24, 2.45) is 0 Å². The third-order valence-electron chi connectivity index (χ3n) is 2.37. The number of alkyl halides is 9. The Bertz CT molecular complexity index is 419. The van der Waals surface area contributed by atoms with Crippen LogP contribution in [-0.2, 0) is 25.8 Å². The monoisotopic (exact) mass is 617 g/mol. The molecule has 0 aliphatic carbocycles. The van der Waals surface area contributed by atoms with Crippen LogP contribution >= 0.6 is 0 Å². The molecule has 14 heteroatoms. The first-order chi connectivity index (χ1) is 12.1. The second-order valence-electron chi connectivity index (χ2n) is 4.37. The predicted molar refractivity (Wildman–Crippen MR) is 83.9 cm³/mol. The number of aliphatic hydroxyl groups excluding tert-OH is 3. The summed E-state index contributed by atoms with van der Waals surface area (Å²) in [6, 6.07) is 1.84. The number of hydrogen-bond acceptors (Lipinski definition) is 3. The van der Waals surface area contributed by atoms with Gasteiger partial charge in [-0.2, -0.15) is 51.6 Å². The molecule has 0 spiro atoms. The van der Waals surface area contributed by atoms with Crippen molar-refractivity contribution in [1.82, 2.24) is 0 Å². The van der Waals surface area contributed by atoms with E-state index >= 15 is 0 Å². The minimum atomic E-state index is -7.72. The molecule has 0 radical (unpaired) electrons. The smallest absolute Gasteiger partial charge is 0.397 e. The third-order valence-corrected chi connectivity index (χ3v) is 6.12. The van der Waals surface area contributed by atoms with E-state index in [1.807, 2.05) is 0 Å². The Morgan fingerprint density at radius 3 is 0.964 bits per heavy atom. The van der Waals surface area contributed by atoms with Gasteiger partial charge in [-0.05, 0) is 20.8 Å². The average Bonchev–Trinajstić information content (AvgIpc) is 2.90. The van der Waals surface area contributed by atoms with Crippen molar-refractivity contribution in [3.8, 4) is 0 Å². The van der Waals surface area contributed by atoms with E-state index in [2.05, 4.69) is 0 Å². The molecule has 1 aromatic rings. The summed E-state index contributed by atoms with van der Waals surface area (Å²) in [6.07, 6.45) is 0. The van der Waals surface area contributed by atoms with Gasteiger partial charge in [0.2, 0.25) is 0 Å². The molecule has 1 rings (SSSR count). The van der Waals surface area contributed by atoms with Crippen molar-refractivity contribution in [2.75, 3.05) is 19.8 Å². The zero-order valence-corrected chi connectivity index (χ0v) is 19.8. The number of aliphatic hydroxyl groups is 3. The van der Waals surface area contributed by atoms with Gasteiger partial charge in [-0.25, -0.2) is 12.1 Å². The fourth-order valence-corrected chi connectivity index (χ4v) is 4.24. The van der Waals surface area contributed by atoms with Crippen molar-refractivity contribution in [1.29, 1.82) is 0 Å². The van der Waals surface area contributed by atoms with E-state index in [1.54, 1.807) is 20.8 Å². The molecule has 28 heavy (non-hydrogen) atoms. The second kappa shape index (κ2) is 15.5. The summed E-state index contributed by atoms with van der Waals surface area (Å²) in [5, 5.41) is 21.0. The Hall–Kier alpha value is -0.313. The molecule has 0 bridgehead atoms. The molecule has 0 aromatic heterocycles. The van der Waals surface area contributed by atoms with Crippen molar-refractivity contribution < 1.29 is 80.7 Å². The standard InChI is InChI=1S/C8H4F9Si.3C2H6O.Hf/c9-6(10,11)18(7(12,13)14,8(15,16)17)5-3-1-2-4-5;3*1-2-3;/h1-4H;3*3H,2H2,1H3;/q-1;;;;. The van der Waals surface area contributed by atoms with Gasteiger partial charge < -0.3 is 15.3 Å². The topological polar surface area (TPSA) is 60.7 Å². The van der Waals surface area contributed by atoms with Crippen LogP contribution in [0.15, 0.2) is 24.3 Å². The summed E-state index contributed by atoms with van der Waals surface area (Å²) in [5.41, 5.74) is 0. The van der Waals surface area contributed by atoms with Gasteiger partial charge in [0.1, 0.15) is 0 Å². The van der Waals surface area contributed by atoms with Crippen LogP contribution in [0.3, 0.4) is 0 Å². The maximum absolute atomic E-state index is 12.6. The van der Waals surface area contributed by atoms with E-state index in [4.69, 9.17) is 15.3 Å². The van der Waals surface area contributed by atoms with Crippen LogP contribution in [0.5, 0.6) is 0 Å². The van der Waals surface area contributed by atoms with Crippen LogP contribution in [0.2, 0.25) is 0 Å². The van der Waals surface area contributed by atoms with Crippen LogP contribution < -0.4 is 5.19 Å². The summed E-state index contributed by atoms with van der Waals surface area (Å²) in [4.78, 5) is 0. The molecule has 3 nitrogen and oxygen atoms in total. The first-order valence-corrected chi connectivity index (χ1v) is 9.35. The largest absolute Gasteiger partial charge is 0.399 e. The van der Waals surface area contributed by atoms with E-state index in [-0.39, 0.29) is 57.8 Å². The maximum Gasteiger partial charge on any atom is 0.399 e. The van der Waals surface area contributed by atoms with Crippen molar-refractivity contribution in [3.63, 3.8) is 0 Å². The molecular weight excluding hydrogens is 594 g/mol. The van der Waals surface area contributed by atoms with E-state index < -0.39 is 30.7 Å². The summed E-state index contributed by atoms with van der Waals surface area (Å²) in [6.45, 7) is 5.79. The Morgan fingerprint density at radius 2 is 0.821 bits per heavy atom. The summed E-state index contributed by atoms with van der Waals surface area (Å²) in [5.74, 6) is -19.2. The van der Waals surface area contributed by atoms with E-state index in [9.17, 15) is 39.5 Å². The van der Waals surface area contributed by atoms with Gasteiger partial charge in [0.25, 0.3) is 0 Å². The molecule has 0 unspecified atom stereocenters. The van der Waals surface area contributed by atoms with Crippen LogP contribution in [0.25, 0.3) is 0 Å². The van der Waals surface area contributed by atoms with Gasteiger partial charge in [0.15, 0.2) is 0 Å². The first kappa shape index (κ1) is 35.1. The molecule has 0 saturated heterocycles. The zero-order chi connectivity index (χ0) is 22.5. The molecule has 0 aliphatic rings. The van der Waals surface area contributed by atoms with Gasteiger partial charge in [-0.3, -0.25) is 0 Å². The van der Waals surface area contributed by atoms with Crippen LogP contribution in [0.4, 0.5) is 39.5 Å². The SMILES string of the molecule is CCO.CCO.CCO.FC(F)(F)[Si]([c-]1cccc1)(C(F)(F)F)C(F)(F)F.[Hf]. The zero-order valence-electron chi connectivity index (χ0n) is 15.2. The molecule has 0 fully saturated rings. The summed E-state index contributed by atoms with van der Waals surface area (Å²) >= 11 is 0. The van der Waals surface area contributed by atoms with Gasteiger partial charge >= 0.3 is 25.5 Å². The Morgan fingerprint density at radius 1 is 0.643 bits per heavy atom. The Labute approximate surface area is 176 Å². The fourth-order valence-electron chi connectivity index (χ4n) is 1.60. The molecule has 0 heterocycles. The summed E-state index contributed by atoms with van der Waals surface area (Å²) in [7, 11) is -7.72. The second-order valence-corrected chi connectivity index (χ2v) is 8.14. The van der Waals surface area contributed by atoms with Gasteiger partial charge in [-0.1, -0.05) is 0 Å². The van der Waals surface area contributed by atoms with Gasteiger partial charge in [0.05, 0.1) is 0 Å². The molecule has 0 amide bonds. The Balaban J connectivity index is -0.000000245. The maximum atomic E-state index is 12.6.